The molecule has 64 valence electrons. The van der Waals surface area contributed by atoms with Gasteiger partial charge in [-0.25, -0.2) is 10.6 Å². The number of carbonyl (C=O) groups is 1. The lowest BCUT2D eigenvalue weighted by Crippen LogP contribution is -2.37. The molecule has 0 fully saturated rings. The van der Waals surface area contributed by atoms with Crippen LogP contribution in [0.25, 0.3) is 0 Å². The zero-order valence-electron chi connectivity index (χ0n) is 6.24. The Morgan fingerprint density at radius 3 is 2.64 bits per heavy atom. The number of aliphatic imine (C=N–C) groups is 1. The Hall–Kier alpha value is -1.14. The van der Waals surface area contributed by atoms with Crippen molar-refractivity contribution in [1.82, 2.24) is 5.43 Å². The van der Waals surface area contributed by atoms with Crippen molar-refractivity contribution in [2.75, 3.05) is 6.54 Å². The molecule has 0 bridgehead atoms. The zero-order valence-corrected chi connectivity index (χ0v) is 6.24. The van der Waals surface area contributed by atoms with Gasteiger partial charge in [-0.1, -0.05) is 0 Å². The van der Waals surface area contributed by atoms with Crippen LogP contribution in [0.4, 0.5) is 0 Å². The zero-order chi connectivity index (χ0) is 8.85. The van der Waals surface area contributed by atoms with E-state index in [1.165, 1.54) is 6.92 Å². The van der Waals surface area contributed by atoms with Crippen molar-refractivity contribution in [2.45, 2.75) is 13.0 Å². The molecule has 0 aromatic heterocycles. The molecule has 1 atom stereocenters. The van der Waals surface area contributed by atoms with E-state index in [4.69, 9.17) is 16.7 Å². The van der Waals surface area contributed by atoms with E-state index < -0.39 is 12.0 Å². The molecule has 11 heavy (non-hydrogen) atoms. The summed E-state index contributed by atoms with van der Waals surface area (Å²) >= 11 is 0. The largest absolute Gasteiger partial charge is 0.480 e. The molecule has 0 aromatic rings. The first-order valence-electron chi connectivity index (χ1n) is 3.08. The molecule has 0 spiro atoms. The maximum absolute atomic E-state index is 10.3. The summed E-state index contributed by atoms with van der Waals surface area (Å²) in [6.07, 6.45) is 0. The van der Waals surface area contributed by atoms with E-state index in [0.29, 0.717) is 0 Å². The maximum atomic E-state index is 10.3. The second-order valence-electron chi connectivity index (χ2n) is 1.94. The summed E-state index contributed by atoms with van der Waals surface area (Å²) in [6.45, 7) is 1.55. The monoisotopic (exact) mass is 160 g/mol. The van der Waals surface area contributed by atoms with Gasteiger partial charge >= 0.3 is 5.97 Å². The van der Waals surface area contributed by atoms with Gasteiger partial charge in [0.15, 0.2) is 0 Å². The third-order valence-corrected chi connectivity index (χ3v) is 1.07. The highest BCUT2D eigenvalue weighted by atomic mass is 16.4. The fraction of sp³-hybridized carbons (Fsp3) is 0.600. The van der Waals surface area contributed by atoms with Crippen molar-refractivity contribution in [3.8, 4) is 0 Å². The second-order valence-corrected chi connectivity index (χ2v) is 1.94. The van der Waals surface area contributed by atoms with Gasteiger partial charge < -0.3 is 16.3 Å². The Morgan fingerprint density at radius 2 is 2.36 bits per heavy atom. The van der Waals surface area contributed by atoms with Gasteiger partial charge in [0.25, 0.3) is 0 Å². The summed E-state index contributed by atoms with van der Waals surface area (Å²) in [7, 11) is 0. The van der Waals surface area contributed by atoms with Crippen LogP contribution in [0, 0.1) is 0 Å². The molecule has 6 N–H and O–H groups in total. The van der Waals surface area contributed by atoms with Gasteiger partial charge in [0.05, 0.1) is 6.54 Å². The minimum absolute atomic E-state index is 0.105. The normalized spacial score (nSPS) is 14.3. The number of nitrogens with one attached hydrogen (secondary N) is 1. The predicted octanol–water partition coefficient (Wildman–Crippen LogP) is -1.72. The van der Waals surface area contributed by atoms with E-state index in [1.807, 2.05) is 0 Å². The Morgan fingerprint density at radius 1 is 1.82 bits per heavy atom. The molecule has 0 saturated heterocycles. The van der Waals surface area contributed by atoms with Gasteiger partial charge in [-0.3, -0.25) is 4.99 Å². The number of hydrogen-bond donors (Lipinski definition) is 4. The highest BCUT2D eigenvalue weighted by molar-refractivity contribution is 5.86. The maximum Gasteiger partial charge on any atom is 0.328 e. The topological polar surface area (TPSA) is 114 Å². The van der Waals surface area contributed by atoms with Crippen LogP contribution in [0.15, 0.2) is 4.99 Å². The molecule has 0 radical (unpaired) electrons. The van der Waals surface area contributed by atoms with Crippen molar-refractivity contribution in [3.63, 3.8) is 0 Å². The lowest BCUT2D eigenvalue weighted by molar-refractivity contribution is -0.137. The first-order valence-corrected chi connectivity index (χ1v) is 3.08. The van der Waals surface area contributed by atoms with Gasteiger partial charge in [-0.2, -0.15) is 0 Å². The Kier molecular flexibility index (Phi) is 4.16. The first kappa shape index (κ1) is 9.86. The van der Waals surface area contributed by atoms with Crippen LogP contribution in [0.3, 0.4) is 0 Å². The number of amidine groups is 1. The molecule has 0 aliphatic heterocycles. The van der Waals surface area contributed by atoms with Crippen LogP contribution < -0.4 is 17.0 Å². The molecule has 6 heteroatoms. The summed E-state index contributed by atoms with van der Waals surface area (Å²) in [5, 5.41) is 8.41. The molecule has 1 unspecified atom stereocenters. The summed E-state index contributed by atoms with van der Waals surface area (Å²) in [5.41, 5.74) is 7.36. The van der Waals surface area contributed by atoms with Crippen LogP contribution in [0.2, 0.25) is 0 Å². The number of aliphatic carboxylic acids is 1. The average molecular weight is 160 g/mol. The van der Waals surface area contributed by atoms with Crippen molar-refractivity contribution in [2.24, 2.45) is 16.6 Å². The van der Waals surface area contributed by atoms with Crippen molar-refractivity contribution < 1.29 is 9.90 Å². The van der Waals surface area contributed by atoms with E-state index in [2.05, 4.69) is 10.4 Å². The molecule has 0 rings (SSSR count). The van der Waals surface area contributed by atoms with Crippen LogP contribution in [0.5, 0.6) is 0 Å². The third-order valence-electron chi connectivity index (χ3n) is 1.07. The first-order chi connectivity index (χ1) is 5.11. The van der Waals surface area contributed by atoms with Gasteiger partial charge in [-0.05, 0) is 6.92 Å². The summed E-state index contributed by atoms with van der Waals surface area (Å²) in [5.74, 6) is 4.25. The summed E-state index contributed by atoms with van der Waals surface area (Å²) in [6, 6.07) is -0.815. The van der Waals surface area contributed by atoms with Crippen LogP contribution in [0.1, 0.15) is 6.92 Å². The molecule has 0 amide bonds. The van der Waals surface area contributed by atoms with Crippen LogP contribution >= 0.6 is 0 Å². The molecule has 0 aliphatic rings. The van der Waals surface area contributed by atoms with Crippen molar-refractivity contribution >= 4 is 11.8 Å². The number of rotatable bonds is 3. The Labute approximate surface area is 64.2 Å². The molecule has 0 saturated carbocycles. The standard InChI is InChI=1S/C5H12N4O2/c1-3(5(10)11)8-4(2-6)9-7/h3H,2,6-7H2,1H3,(H,8,9)(H,10,11). The van der Waals surface area contributed by atoms with Gasteiger partial charge in [0, 0.05) is 0 Å². The highest BCUT2D eigenvalue weighted by Crippen LogP contribution is 1.88. The lowest BCUT2D eigenvalue weighted by atomic mass is 10.3. The predicted molar refractivity (Wildman–Crippen MR) is 40.9 cm³/mol. The number of carboxylic acid groups (broad SMARTS) is 1. The Bertz CT molecular complexity index is 162. The number of nitrogens with two attached hydrogens (primary N) is 2. The quantitative estimate of drug-likeness (QED) is 0.170. The minimum atomic E-state index is -1.01. The fourth-order valence-corrected chi connectivity index (χ4v) is 0.438. The highest BCUT2D eigenvalue weighted by Gasteiger charge is 2.08. The molecular weight excluding hydrogens is 148 g/mol. The number of hydrogen-bond acceptors (Lipinski definition) is 4. The fourth-order valence-electron chi connectivity index (χ4n) is 0.438. The SMILES string of the molecule is CC(N=C(CN)NN)C(=O)O. The van der Waals surface area contributed by atoms with Gasteiger partial charge in [-0.15, -0.1) is 0 Å². The minimum Gasteiger partial charge on any atom is -0.480 e. The Balaban J connectivity index is 4.14. The second kappa shape index (κ2) is 4.64. The van der Waals surface area contributed by atoms with E-state index in [9.17, 15) is 4.79 Å². The molecule has 0 aliphatic carbocycles. The smallest absolute Gasteiger partial charge is 0.328 e. The summed E-state index contributed by atoms with van der Waals surface area (Å²) in [4.78, 5) is 13.9. The van der Waals surface area contributed by atoms with Crippen LogP contribution in [-0.4, -0.2) is 29.5 Å². The van der Waals surface area contributed by atoms with Gasteiger partial charge in [0.1, 0.15) is 11.9 Å². The molecular formula is C5H12N4O2. The number of hydrazine groups is 1. The van der Waals surface area contributed by atoms with Crippen molar-refractivity contribution in [3.05, 3.63) is 0 Å². The molecule has 6 nitrogen and oxygen atoms in total. The molecule has 0 aromatic carbocycles. The lowest BCUT2D eigenvalue weighted by Gasteiger charge is -2.04. The number of nitrogens with zero attached hydrogens (tertiary/aromatic N) is 1. The average Bonchev–Trinajstić information content (AvgIpc) is 1.99. The van der Waals surface area contributed by atoms with Crippen molar-refractivity contribution in [1.29, 1.82) is 0 Å². The third kappa shape index (κ3) is 3.54. The van der Waals surface area contributed by atoms with E-state index in [1.54, 1.807) is 0 Å². The number of carboxylic acids is 1. The molecule has 0 heterocycles. The van der Waals surface area contributed by atoms with E-state index >= 15 is 0 Å². The van der Waals surface area contributed by atoms with E-state index in [0.717, 1.165) is 0 Å². The van der Waals surface area contributed by atoms with Gasteiger partial charge in [0.2, 0.25) is 0 Å². The van der Waals surface area contributed by atoms with Crippen LogP contribution in [-0.2, 0) is 4.79 Å². The van der Waals surface area contributed by atoms with E-state index in [-0.39, 0.29) is 12.4 Å². The summed E-state index contributed by atoms with van der Waals surface area (Å²) < 4.78 is 0.